The van der Waals surface area contributed by atoms with E-state index in [1.54, 1.807) is 10.9 Å². The largest absolute Gasteiger partial charge is 0.368 e. The van der Waals surface area contributed by atoms with Gasteiger partial charge in [0.1, 0.15) is 18.0 Å². The zero-order valence-corrected chi connectivity index (χ0v) is 17.6. The Kier molecular flexibility index (Phi) is 6.25. The van der Waals surface area contributed by atoms with Crippen LogP contribution in [-0.4, -0.2) is 56.9 Å². The van der Waals surface area contributed by atoms with Gasteiger partial charge >= 0.3 is 0 Å². The summed E-state index contributed by atoms with van der Waals surface area (Å²) >= 11 is 0. The van der Waals surface area contributed by atoms with Crippen LogP contribution in [0.5, 0.6) is 0 Å². The molecule has 3 aromatic heterocycles. The maximum atomic E-state index is 13.3. The Hall–Kier alpha value is -3.69. The number of halogens is 1. The molecule has 0 aliphatic heterocycles. The number of nitrogens with zero attached hydrogens (tertiary/aromatic N) is 5. The number of aromatic nitrogens is 5. The molecule has 9 nitrogen and oxygen atoms in total. The number of fused-ring (bicyclic) bond motifs is 2. The minimum Gasteiger partial charge on any atom is -0.368 e. The highest BCUT2D eigenvalue weighted by atomic mass is 19.1. The molecule has 3 heterocycles. The number of guanidine groups is 1. The van der Waals surface area contributed by atoms with E-state index >= 15 is 0 Å². The molecule has 0 fully saturated rings. The number of hydrogen-bond donors (Lipinski definition) is 4. The van der Waals surface area contributed by atoms with Crippen molar-refractivity contribution < 1.29 is 4.39 Å². The molecule has 0 saturated carbocycles. The molecule has 0 amide bonds. The van der Waals surface area contributed by atoms with Crippen molar-refractivity contribution in [2.75, 3.05) is 31.5 Å². The molecule has 162 valence electrons. The molecule has 1 aromatic carbocycles. The first-order chi connectivity index (χ1) is 15.2. The third kappa shape index (κ3) is 4.73. The van der Waals surface area contributed by atoms with E-state index in [4.69, 9.17) is 0 Å². The van der Waals surface area contributed by atoms with Gasteiger partial charge in [-0.25, -0.2) is 14.4 Å². The summed E-state index contributed by atoms with van der Waals surface area (Å²) < 4.78 is 15.1. The molecule has 4 aromatic rings. The molecule has 10 heteroatoms. The second-order valence-electron chi connectivity index (χ2n) is 7.10. The maximum absolute atomic E-state index is 13.3. The molecule has 0 spiro atoms. The van der Waals surface area contributed by atoms with E-state index in [0.29, 0.717) is 19.6 Å². The fraction of sp³-hybridized carbons (Fsp3) is 0.333. The van der Waals surface area contributed by atoms with E-state index in [-0.39, 0.29) is 5.82 Å². The first kappa shape index (κ1) is 20.6. The first-order valence-electron chi connectivity index (χ1n) is 10.3. The third-order valence-electron chi connectivity index (χ3n) is 4.96. The Bertz CT molecular complexity index is 1190. The molecule has 0 saturated heterocycles. The van der Waals surface area contributed by atoms with Crippen molar-refractivity contribution in [1.82, 2.24) is 35.4 Å². The van der Waals surface area contributed by atoms with Crippen molar-refractivity contribution >= 4 is 33.7 Å². The van der Waals surface area contributed by atoms with Gasteiger partial charge in [-0.05, 0) is 37.1 Å². The number of rotatable bonds is 8. The second-order valence-corrected chi connectivity index (χ2v) is 7.10. The van der Waals surface area contributed by atoms with Crippen LogP contribution in [-0.2, 0) is 13.5 Å². The predicted molar refractivity (Wildman–Crippen MR) is 121 cm³/mol. The normalized spacial score (nSPS) is 11.9. The number of anilines is 1. The highest BCUT2D eigenvalue weighted by molar-refractivity contribution is 5.86. The lowest BCUT2D eigenvalue weighted by molar-refractivity contribution is 0.629. The number of nitrogens with one attached hydrogen (secondary N) is 4. The van der Waals surface area contributed by atoms with Crippen LogP contribution in [0.4, 0.5) is 10.2 Å². The van der Waals surface area contributed by atoms with Gasteiger partial charge in [0.2, 0.25) is 0 Å². The molecule has 0 aliphatic rings. The quantitative estimate of drug-likeness (QED) is 0.197. The van der Waals surface area contributed by atoms with Gasteiger partial charge in [0.05, 0.1) is 11.6 Å². The minimum atomic E-state index is -0.239. The number of benzene rings is 1. The fourth-order valence-electron chi connectivity index (χ4n) is 3.46. The molecule has 0 aliphatic carbocycles. The monoisotopic (exact) mass is 423 g/mol. The second kappa shape index (κ2) is 9.41. The van der Waals surface area contributed by atoms with Crippen LogP contribution in [0.3, 0.4) is 0 Å². The van der Waals surface area contributed by atoms with Crippen molar-refractivity contribution in [3.05, 3.63) is 48.3 Å². The van der Waals surface area contributed by atoms with Crippen LogP contribution in [0, 0.1) is 5.82 Å². The lowest BCUT2D eigenvalue weighted by atomic mass is 10.1. The van der Waals surface area contributed by atoms with Crippen LogP contribution in [0.15, 0.2) is 41.9 Å². The van der Waals surface area contributed by atoms with Crippen LogP contribution in [0.2, 0.25) is 0 Å². The standard InChI is InChI=1S/C21H26FN9/c1-3-23-21(25-7-6-14-11-27-18-10-15(22)4-5-16(14)18)26-9-8-24-19-17-12-30-31(2)20(17)29-13-28-19/h4-5,10-13,27H,3,6-9H2,1-2H3,(H2,23,25,26)(H,24,28,29). The van der Waals surface area contributed by atoms with Gasteiger partial charge in [0.25, 0.3) is 0 Å². The Morgan fingerprint density at radius 1 is 1.19 bits per heavy atom. The summed E-state index contributed by atoms with van der Waals surface area (Å²) in [6, 6.07) is 4.80. The first-order valence-corrected chi connectivity index (χ1v) is 10.3. The molecular weight excluding hydrogens is 397 g/mol. The molecule has 0 unspecified atom stereocenters. The van der Waals surface area contributed by atoms with E-state index < -0.39 is 0 Å². The average molecular weight is 424 g/mol. The zero-order chi connectivity index (χ0) is 21.6. The lowest BCUT2D eigenvalue weighted by Crippen LogP contribution is -2.39. The van der Waals surface area contributed by atoms with Crippen molar-refractivity contribution in [3.8, 4) is 0 Å². The van der Waals surface area contributed by atoms with Gasteiger partial charge in [-0.1, -0.05) is 0 Å². The smallest absolute Gasteiger partial charge is 0.191 e. The topological polar surface area (TPSA) is 108 Å². The van der Waals surface area contributed by atoms with Gasteiger partial charge in [-0.2, -0.15) is 5.10 Å². The molecule has 0 radical (unpaired) electrons. The van der Waals surface area contributed by atoms with Gasteiger partial charge in [0, 0.05) is 50.3 Å². The van der Waals surface area contributed by atoms with Crippen LogP contribution in [0.1, 0.15) is 12.5 Å². The maximum Gasteiger partial charge on any atom is 0.191 e. The Morgan fingerprint density at radius 2 is 2.10 bits per heavy atom. The fourth-order valence-corrected chi connectivity index (χ4v) is 3.46. The zero-order valence-electron chi connectivity index (χ0n) is 17.6. The number of hydrogen-bond acceptors (Lipinski definition) is 5. The summed E-state index contributed by atoms with van der Waals surface area (Å²) in [5.41, 5.74) is 2.73. The van der Waals surface area contributed by atoms with Crippen molar-refractivity contribution in [2.45, 2.75) is 13.3 Å². The number of aryl methyl sites for hydroxylation is 1. The van der Waals surface area contributed by atoms with Gasteiger partial charge < -0.3 is 20.9 Å². The molecule has 0 bridgehead atoms. The molecule has 4 rings (SSSR count). The van der Waals surface area contributed by atoms with E-state index in [1.807, 2.05) is 26.2 Å². The summed E-state index contributed by atoms with van der Waals surface area (Å²) in [7, 11) is 1.86. The Labute approximate surface area is 179 Å². The van der Waals surface area contributed by atoms with E-state index in [1.165, 1.54) is 18.5 Å². The minimum absolute atomic E-state index is 0.239. The van der Waals surface area contributed by atoms with Gasteiger partial charge in [0.15, 0.2) is 11.6 Å². The molecule has 0 atom stereocenters. The third-order valence-corrected chi connectivity index (χ3v) is 4.96. The van der Waals surface area contributed by atoms with Gasteiger partial charge in [-0.15, -0.1) is 0 Å². The molecule has 31 heavy (non-hydrogen) atoms. The van der Waals surface area contributed by atoms with Crippen molar-refractivity contribution in [2.24, 2.45) is 12.0 Å². The van der Waals surface area contributed by atoms with E-state index in [0.717, 1.165) is 52.2 Å². The predicted octanol–water partition coefficient (Wildman–Crippen LogP) is 2.19. The van der Waals surface area contributed by atoms with Crippen LogP contribution >= 0.6 is 0 Å². The summed E-state index contributed by atoms with van der Waals surface area (Å²) in [4.78, 5) is 16.3. The van der Waals surface area contributed by atoms with Crippen molar-refractivity contribution in [3.63, 3.8) is 0 Å². The SMILES string of the molecule is CCNC(=NCCc1c[nH]c2cc(F)ccc12)NCCNc1ncnc2c1cnn2C. The number of aliphatic imine (C=N–C) groups is 1. The molecule has 4 N–H and O–H groups in total. The highest BCUT2D eigenvalue weighted by Gasteiger charge is 2.07. The van der Waals surface area contributed by atoms with Gasteiger partial charge in [-0.3, -0.25) is 9.67 Å². The highest BCUT2D eigenvalue weighted by Crippen LogP contribution is 2.19. The average Bonchev–Trinajstić information content (AvgIpc) is 3.35. The summed E-state index contributed by atoms with van der Waals surface area (Å²) in [5.74, 6) is 1.28. The summed E-state index contributed by atoms with van der Waals surface area (Å²) in [5, 5.41) is 16.0. The van der Waals surface area contributed by atoms with Crippen LogP contribution < -0.4 is 16.0 Å². The van der Waals surface area contributed by atoms with E-state index in [2.05, 4.69) is 41.0 Å². The Balaban J connectivity index is 1.30. The summed E-state index contributed by atoms with van der Waals surface area (Å²) in [6.07, 6.45) is 5.98. The Morgan fingerprint density at radius 3 is 2.97 bits per heavy atom. The molecular formula is C21H26FN9. The number of H-pyrrole nitrogens is 1. The van der Waals surface area contributed by atoms with Crippen molar-refractivity contribution in [1.29, 1.82) is 0 Å². The van der Waals surface area contributed by atoms with Crippen LogP contribution in [0.25, 0.3) is 21.9 Å². The van der Waals surface area contributed by atoms with E-state index in [9.17, 15) is 4.39 Å². The number of aromatic amines is 1. The lowest BCUT2D eigenvalue weighted by Gasteiger charge is -2.12. The summed E-state index contributed by atoms with van der Waals surface area (Å²) in [6.45, 7) is 4.76.